The lowest BCUT2D eigenvalue weighted by atomic mass is 10.3. The van der Waals surface area contributed by atoms with E-state index in [4.69, 9.17) is 15.3 Å². The minimum absolute atomic E-state index is 0.267. The topological polar surface area (TPSA) is 82.3 Å². The van der Waals surface area contributed by atoms with Crippen molar-refractivity contribution in [3.63, 3.8) is 0 Å². The van der Waals surface area contributed by atoms with Crippen molar-refractivity contribution < 1.29 is 9.47 Å². The van der Waals surface area contributed by atoms with Crippen molar-refractivity contribution in [1.82, 2.24) is 9.97 Å². The van der Waals surface area contributed by atoms with E-state index in [1.165, 1.54) is 0 Å². The number of methoxy groups -OCH3 is 1. The van der Waals surface area contributed by atoms with Crippen LogP contribution in [0.5, 0.6) is 17.4 Å². The van der Waals surface area contributed by atoms with Crippen molar-refractivity contribution in [2.24, 2.45) is 5.84 Å². The highest BCUT2D eigenvalue weighted by atomic mass is 79.9. The minimum atomic E-state index is 0.267. The Morgan fingerprint density at radius 1 is 1.28 bits per heavy atom. The van der Waals surface area contributed by atoms with E-state index in [-0.39, 0.29) is 5.95 Å². The predicted molar refractivity (Wildman–Crippen MR) is 70.6 cm³/mol. The molecule has 0 spiro atoms. The Labute approximate surface area is 112 Å². The third-order valence-electron chi connectivity index (χ3n) is 2.12. The van der Waals surface area contributed by atoms with Crippen molar-refractivity contribution in [3.05, 3.63) is 34.9 Å². The van der Waals surface area contributed by atoms with Gasteiger partial charge in [0.05, 0.1) is 17.8 Å². The fraction of sp³-hybridized carbons (Fsp3) is 0.0909. The number of hydrogen-bond acceptors (Lipinski definition) is 6. The smallest absolute Gasteiger partial charge is 0.240 e. The zero-order chi connectivity index (χ0) is 13.0. The zero-order valence-corrected chi connectivity index (χ0v) is 11.1. The number of hydrazine groups is 1. The molecule has 94 valence electrons. The van der Waals surface area contributed by atoms with Crippen LogP contribution in [0.2, 0.25) is 0 Å². The number of anilines is 1. The monoisotopic (exact) mass is 310 g/mol. The molecule has 7 heteroatoms. The first kappa shape index (κ1) is 12.6. The standard InChI is InChI=1S/C11H11BrN4O2/c1-17-8-4-2-3-5-9(8)18-10-7(12)6-14-11(15-10)16-13/h2-6H,13H2,1H3,(H,14,15,16). The van der Waals surface area contributed by atoms with E-state index in [2.05, 4.69) is 31.3 Å². The summed E-state index contributed by atoms with van der Waals surface area (Å²) in [6, 6.07) is 7.28. The summed E-state index contributed by atoms with van der Waals surface area (Å²) in [6.07, 6.45) is 1.55. The van der Waals surface area contributed by atoms with Gasteiger partial charge in [-0.25, -0.2) is 10.8 Å². The number of para-hydroxylation sites is 2. The molecule has 1 aromatic carbocycles. The molecule has 0 saturated heterocycles. The minimum Gasteiger partial charge on any atom is -0.493 e. The van der Waals surface area contributed by atoms with Crippen molar-refractivity contribution in [3.8, 4) is 17.4 Å². The number of ether oxygens (including phenoxy) is 2. The number of halogens is 1. The number of hydrogen-bond donors (Lipinski definition) is 2. The molecule has 0 aliphatic carbocycles. The molecule has 0 aliphatic heterocycles. The Balaban J connectivity index is 2.33. The fourth-order valence-corrected chi connectivity index (χ4v) is 1.57. The lowest BCUT2D eigenvalue weighted by Crippen LogP contribution is -2.10. The van der Waals surface area contributed by atoms with Crippen molar-refractivity contribution in [2.45, 2.75) is 0 Å². The Bertz CT molecular complexity index is 550. The molecule has 0 atom stereocenters. The zero-order valence-electron chi connectivity index (χ0n) is 9.55. The molecule has 0 aliphatic rings. The summed E-state index contributed by atoms with van der Waals surface area (Å²) < 4.78 is 11.5. The summed E-state index contributed by atoms with van der Waals surface area (Å²) >= 11 is 3.30. The molecule has 3 N–H and O–H groups in total. The summed E-state index contributed by atoms with van der Waals surface area (Å²) in [6.45, 7) is 0. The maximum atomic E-state index is 5.66. The van der Waals surface area contributed by atoms with Gasteiger partial charge in [0.15, 0.2) is 11.5 Å². The van der Waals surface area contributed by atoms with E-state index >= 15 is 0 Å². The second-order valence-electron chi connectivity index (χ2n) is 3.24. The number of benzene rings is 1. The Hall–Kier alpha value is -1.86. The van der Waals surface area contributed by atoms with Crippen LogP contribution in [0.4, 0.5) is 5.95 Å². The lowest BCUT2D eigenvalue weighted by Gasteiger charge is -2.10. The van der Waals surface area contributed by atoms with E-state index < -0.39 is 0 Å². The summed E-state index contributed by atoms with van der Waals surface area (Å²) in [4.78, 5) is 8.03. The first-order valence-electron chi connectivity index (χ1n) is 5.04. The van der Waals surface area contributed by atoms with Crippen LogP contribution >= 0.6 is 15.9 Å². The van der Waals surface area contributed by atoms with Gasteiger partial charge < -0.3 is 9.47 Å². The van der Waals surface area contributed by atoms with Crippen LogP contribution in [0.3, 0.4) is 0 Å². The van der Waals surface area contributed by atoms with Gasteiger partial charge in [-0.05, 0) is 28.1 Å². The second kappa shape index (κ2) is 5.65. The Kier molecular flexibility index (Phi) is 3.96. The highest BCUT2D eigenvalue weighted by molar-refractivity contribution is 9.10. The summed E-state index contributed by atoms with van der Waals surface area (Å²) in [5.74, 6) is 7.04. The third-order valence-corrected chi connectivity index (χ3v) is 2.66. The normalized spacial score (nSPS) is 9.94. The molecule has 6 nitrogen and oxygen atoms in total. The maximum absolute atomic E-state index is 5.66. The number of rotatable bonds is 4. The number of nitrogens with two attached hydrogens (primary N) is 1. The Morgan fingerprint density at radius 2 is 2.00 bits per heavy atom. The van der Waals surface area contributed by atoms with Gasteiger partial charge in [-0.1, -0.05) is 12.1 Å². The summed E-state index contributed by atoms with van der Waals surface area (Å²) in [7, 11) is 1.57. The molecular formula is C11H11BrN4O2. The van der Waals surface area contributed by atoms with Crippen molar-refractivity contribution >= 4 is 21.9 Å². The molecule has 1 aromatic heterocycles. The van der Waals surface area contributed by atoms with E-state index in [9.17, 15) is 0 Å². The third kappa shape index (κ3) is 2.69. The van der Waals surface area contributed by atoms with Gasteiger partial charge in [-0.2, -0.15) is 4.98 Å². The van der Waals surface area contributed by atoms with Crippen LogP contribution < -0.4 is 20.7 Å². The van der Waals surface area contributed by atoms with Gasteiger partial charge in [0, 0.05) is 0 Å². The van der Waals surface area contributed by atoms with Gasteiger partial charge in [-0.3, -0.25) is 5.43 Å². The highest BCUT2D eigenvalue weighted by Crippen LogP contribution is 2.33. The van der Waals surface area contributed by atoms with Gasteiger partial charge in [0.1, 0.15) is 0 Å². The largest absolute Gasteiger partial charge is 0.493 e. The maximum Gasteiger partial charge on any atom is 0.240 e. The highest BCUT2D eigenvalue weighted by Gasteiger charge is 2.10. The first-order valence-corrected chi connectivity index (χ1v) is 5.84. The van der Waals surface area contributed by atoms with Crippen LogP contribution in [0.15, 0.2) is 34.9 Å². The van der Waals surface area contributed by atoms with Crippen LogP contribution in [-0.4, -0.2) is 17.1 Å². The van der Waals surface area contributed by atoms with Crippen LogP contribution in [0.25, 0.3) is 0 Å². The van der Waals surface area contributed by atoms with E-state index in [0.717, 1.165) is 0 Å². The van der Waals surface area contributed by atoms with Crippen molar-refractivity contribution in [2.75, 3.05) is 12.5 Å². The SMILES string of the molecule is COc1ccccc1Oc1nc(NN)ncc1Br. The Morgan fingerprint density at radius 3 is 2.67 bits per heavy atom. The predicted octanol–water partition coefficient (Wildman–Crippen LogP) is 2.33. The van der Waals surface area contributed by atoms with Gasteiger partial charge >= 0.3 is 0 Å². The van der Waals surface area contributed by atoms with E-state index in [1.807, 2.05) is 12.1 Å². The molecule has 0 unspecified atom stereocenters. The number of nitrogen functional groups attached to an aromatic ring is 1. The van der Waals surface area contributed by atoms with Gasteiger partial charge in [0.25, 0.3) is 0 Å². The molecule has 0 amide bonds. The molecule has 0 saturated carbocycles. The molecule has 0 bridgehead atoms. The molecule has 0 radical (unpaired) electrons. The van der Waals surface area contributed by atoms with Gasteiger partial charge in [-0.15, -0.1) is 0 Å². The molecular weight excluding hydrogens is 300 g/mol. The number of nitrogens with zero attached hydrogens (tertiary/aromatic N) is 2. The first-order chi connectivity index (χ1) is 8.74. The average molecular weight is 311 g/mol. The van der Waals surface area contributed by atoms with Crippen LogP contribution in [0.1, 0.15) is 0 Å². The molecule has 2 aromatic rings. The van der Waals surface area contributed by atoms with Crippen molar-refractivity contribution in [1.29, 1.82) is 0 Å². The quantitative estimate of drug-likeness (QED) is 0.666. The van der Waals surface area contributed by atoms with E-state index in [0.29, 0.717) is 21.9 Å². The molecule has 2 rings (SSSR count). The fourth-order valence-electron chi connectivity index (χ4n) is 1.30. The van der Waals surface area contributed by atoms with Gasteiger partial charge in [0.2, 0.25) is 11.8 Å². The second-order valence-corrected chi connectivity index (χ2v) is 4.10. The number of nitrogens with one attached hydrogen (secondary N) is 1. The molecule has 18 heavy (non-hydrogen) atoms. The van der Waals surface area contributed by atoms with Crippen LogP contribution in [0, 0.1) is 0 Å². The average Bonchev–Trinajstić information content (AvgIpc) is 2.42. The summed E-state index contributed by atoms with van der Waals surface area (Å²) in [5.41, 5.74) is 2.35. The van der Waals surface area contributed by atoms with E-state index in [1.54, 1.807) is 25.4 Å². The summed E-state index contributed by atoms with van der Waals surface area (Å²) in [5, 5.41) is 0. The molecule has 0 fully saturated rings. The lowest BCUT2D eigenvalue weighted by molar-refractivity contribution is 0.373. The van der Waals surface area contributed by atoms with Crippen LogP contribution in [-0.2, 0) is 0 Å². The number of aromatic nitrogens is 2. The molecule has 1 heterocycles.